The lowest BCUT2D eigenvalue weighted by atomic mass is 10.1. The second-order valence-electron chi connectivity index (χ2n) is 5.59. The number of rotatable bonds is 3. The van der Waals surface area contributed by atoms with Gasteiger partial charge in [-0.1, -0.05) is 25.1 Å². The summed E-state index contributed by atoms with van der Waals surface area (Å²) in [4.78, 5) is 4.87. The summed E-state index contributed by atoms with van der Waals surface area (Å²) in [6.45, 7) is 6.39. The van der Waals surface area contributed by atoms with E-state index in [1.807, 2.05) is 12.1 Å². The van der Waals surface area contributed by atoms with Crippen molar-refractivity contribution in [3.63, 3.8) is 0 Å². The zero-order valence-corrected chi connectivity index (χ0v) is 12.6. The average Bonchev–Trinajstić information content (AvgIpc) is 2.55. The molecule has 2 N–H and O–H groups in total. The average molecular weight is 281 g/mol. The van der Waals surface area contributed by atoms with E-state index in [1.54, 1.807) is 0 Å². The topological polar surface area (TPSA) is 32.5 Å². The van der Waals surface area contributed by atoms with E-state index in [0.29, 0.717) is 0 Å². The van der Waals surface area contributed by atoms with Crippen molar-refractivity contribution in [3.05, 3.63) is 54.1 Å². The molecule has 1 aliphatic heterocycles. The summed E-state index contributed by atoms with van der Waals surface area (Å²) in [5.41, 5.74) is 10.7. The third-order valence-corrected chi connectivity index (χ3v) is 4.22. The van der Waals surface area contributed by atoms with Crippen molar-refractivity contribution in [2.24, 2.45) is 0 Å². The number of anilines is 3. The highest BCUT2D eigenvalue weighted by molar-refractivity contribution is 5.57. The van der Waals surface area contributed by atoms with Crippen molar-refractivity contribution in [1.82, 2.24) is 0 Å². The van der Waals surface area contributed by atoms with Gasteiger partial charge in [0.2, 0.25) is 0 Å². The minimum Gasteiger partial charge on any atom is -0.399 e. The molecule has 1 saturated heterocycles. The van der Waals surface area contributed by atoms with E-state index < -0.39 is 0 Å². The summed E-state index contributed by atoms with van der Waals surface area (Å²) in [5, 5.41) is 0. The van der Waals surface area contributed by atoms with E-state index in [0.717, 1.165) is 38.3 Å². The van der Waals surface area contributed by atoms with Crippen LogP contribution in [0.3, 0.4) is 0 Å². The first-order valence-corrected chi connectivity index (χ1v) is 7.70. The molecule has 0 spiro atoms. The Kier molecular flexibility index (Phi) is 4.00. The SMILES string of the molecule is CCc1ccc(N2CCN(c3cccc(N)c3)CC2)cc1. The summed E-state index contributed by atoms with van der Waals surface area (Å²) < 4.78 is 0. The second kappa shape index (κ2) is 6.08. The molecule has 1 heterocycles. The predicted molar refractivity (Wildman–Crippen MR) is 91.1 cm³/mol. The smallest absolute Gasteiger partial charge is 0.0388 e. The molecule has 1 fully saturated rings. The number of aryl methyl sites for hydroxylation is 1. The van der Waals surface area contributed by atoms with Crippen LogP contribution in [0.1, 0.15) is 12.5 Å². The van der Waals surface area contributed by atoms with E-state index >= 15 is 0 Å². The zero-order valence-electron chi connectivity index (χ0n) is 12.6. The van der Waals surface area contributed by atoms with E-state index in [1.165, 1.54) is 16.9 Å². The summed E-state index contributed by atoms with van der Waals surface area (Å²) in [6, 6.07) is 17.1. The van der Waals surface area contributed by atoms with Gasteiger partial charge in [0.15, 0.2) is 0 Å². The van der Waals surface area contributed by atoms with Gasteiger partial charge >= 0.3 is 0 Å². The first-order chi connectivity index (χ1) is 10.3. The van der Waals surface area contributed by atoms with Crippen molar-refractivity contribution >= 4 is 17.1 Å². The minimum absolute atomic E-state index is 0.838. The monoisotopic (exact) mass is 281 g/mol. The Morgan fingerprint density at radius 3 is 2.05 bits per heavy atom. The summed E-state index contributed by atoms with van der Waals surface area (Å²) in [6.07, 6.45) is 1.10. The maximum Gasteiger partial charge on any atom is 0.0388 e. The number of hydrogen-bond acceptors (Lipinski definition) is 3. The van der Waals surface area contributed by atoms with Gasteiger partial charge in [-0.25, -0.2) is 0 Å². The van der Waals surface area contributed by atoms with E-state index in [4.69, 9.17) is 5.73 Å². The third-order valence-electron chi connectivity index (χ3n) is 4.22. The van der Waals surface area contributed by atoms with Crippen molar-refractivity contribution in [2.45, 2.75) is 13.3 Å². The molecule has 0 amide bonds. The Hall–Kier alpha value is -2.16. The van der Waals surface area contributed by atoms with Gasteiger partial charge in [-0.2, -0.15) is 0 Å². The van der Waals surface area contributed by atoms with Crippen LogP contribution in [0.25, 0.3) is 0 Å². The molecule has 21 heavy (non-hydrogen) atoms. The van der Waals surface area contributed by atoms with Crippen molar-refractivity contribution in [1.29, 1.82) is 0 Å². The van der Waals surface area contributed by atoms with Crippen molar-refractivity contribution < 1.29 is 0 Å². The standard InChI is InChI=1S/C18H23N3/c1-2-15-6-8-17(9-7-15)20-10-12-21(13-11-20)18-5-3-4-16(19)14-18/h3-9,14H,2,10-13,19H2,1H3. The summed E-state index contributed by atoms with van der Waals surface area (Å²) in [7, 11) is 0. The molecule has 0 atom stereocenters. The molecule has 2 aromatic rings. The molecule has 0 saturated carbocycles. The predicted octanol–water partition coefficient (Wildman–Crippen LogP) is 3.16. The van der Waals surface area contributed by atoms with Crippen LogP contribution in [0.2, 0.25) is 0 Å². The first-order valence-electron chi connectivity index (χ1n) is 7.70. The Bertz CT molecular complexity index is 584. The quantitative estimate of drug-likeness (QED) is 0.877. The highest BCUT2D eigenvalue weighted by atomic mass is 15.3. The van der Waals surface area contributed by atoms with Gasteiger partial charge in [0.1, 0.15) is 0 Å². The van der Waals surface area contributed by atoms with Crippen molar-refractivity contribution in [2.75, 3.05) is 41.7 Å². The highest BCUT2D eigenvalue weighted by Crippen LogP contribution is 2.22. The fourth-order valence-electron chi connectivity index (χ4n) is 2.89. The molecular weight excluding hydrogens is 258 g/mol. The number of nitrogen functional groups attached to an aromatic ring is 1. The number of piperazine rings is 1. The molecule has 2 aromatic carbocycles. The van der Waals surface area contributed by atoms with Gasteiger partial charge in [-0.05, 0) is 42.3 Å². The fraction of sp³-hybridized carbons (Fsp3) is 0.333. The Balaban J connectivity index is 1.64. The molecule has 1 aliphatic rings. The van der Waals surface area contributed by atoms with Crippen LogP contribution in [0.4, 0.5) is 17.1 Å². The van der Waals surface area contributed by atoms with Gasteiger partial charge in [0.25, 0.3) is 0 Å². The molecule has 110 valence electrons. The van der Waals surface area contributed by atoms with E-state index in [2.05, 4.69) is 53.1 Å². The van der Waals surface area contributed by atoms with Crippen LogP contribution in [0, 0.1) is 0 Å². The molecule has 3 nitrogen and oxygen atoms in total. The first kappa shape index (κ1) is 13.8. The van der Waals surface area contributed by atoms with Gasteiger partial charge in [0.05, 0.1) is 0 Å². The van der Waals surface area contributed by atoms with Gasteiger partial charge in [0, 0.05) is 43.2 Å². The van der Waals surface area contributed by atoms with Gasteiger partial charge in [-0.15, -0.1) is 0 Å². The molecule has 0 radical (unpaired) electrons. The van der Waals surface area contributed by atoms with Crippen LogP contribution in [-0.2, 0) is 6.42 Å². The Labute approximate surface area is 127 Å². The largest absolute Gasteiger partial charge is 0.399 e. The summed E-state index contributed by atoms with van der Waals surface area (Å²) >= 11 is 0. The van der Waals surface area contributed by atoms with E-state index in [9.17, 15) is 0 Å². The lowest BCUT2D eigenvalue weighted by Crippen LogP contribution is -2.46. The summed E-state index contributed by atoms with van der Waals surface area (Å²) in [5.74, 6) is 0. The zero-order chi connectivity index (χ0) is 14.7. The molecule has 0 unspecified atom stereocenters. The number of nitrogens with two attached hydrogens (primary N) is 1. The minimum atomic E-state index is 0.838. The normalized spacial score (nSPS) is 15.3. The molecule has 3 heteroatoms. The Morgan fingerprint density at radius 1 is 0.857 bits per heavy atom. The van der Waals surface area contributed by atoms with Crippen LogP contribution >= 0.6 is 0 Å². The van der Waals surface area contributed by atoms with Gasteiger partial charge < -0.3 is 15.5 Å². The molecule has 0 aromatic heterocycles. The van der Waals surface area contributed by atoms with E-state index in [-0.39, 0.29) is 0 Å². The lowest BCUT2D eigenvalue weighted by molar-refractivity contribution is 0.653. The fourth-order valence-corrected chi connectivity index (χ4v) is 2.89. The molecule has 3 rings (SSSR count). The maximum absolute atomic E-state index is 5.87. The van der Waals surface area contributed by atoms with Gasteiger partial charge in [-0.3, -0.25) is 0 Å². The van der Waals surface area contributed by atoms with Crippen LogP contribution in [0.5, 0.6) is 0 Å². The number of nitrogens with zero attached hydrogens (tertiary/aromatic N) is 2. The van der Waals surface area contributed by atoms with Crippen molar-refractivity contribution in [3.8, 4) is 0 Å². The third kappa shape index (κ3) is 3.13. The molecule has 0 bridgehead atoms. The molecular formula is C18H23N3. The second-order valence-corrected chi connectivity index (χ2v) is 5.59. The number of benzene rings is 2. The van der Waals surface area contributed by atoms with Crippen LogP contribution in [0.15, 0.2) is 48.5 Å². The maximum atomic E-state index is 5.87. The van der Waals surface area contributed by atoms with Crippen LogP contribution < -0.4 is 15.5 Å². The Morgan fingerprint density at radius 2 is 1.48 bits per heavy atom. The lowest BCUT2D eigenvalue weighted by Gasteiger charge is -2.37. The van der Waals surface area contributed by atoms with Crippen LogP contribution in [-0.4, -0.2) is 26.2 Å². The number of hydrogen-bond donors (Lipinski definition) is 1. The highest BCUT2D eigenvalue weighted by Gasteiger charge is 2.17. The molecule has 0 aliphatic carbocycles.